The van der Waals surface area contributed by atoms with E-state index < -0.39 is 0 Å². The van der Waals surface area contributed by atoms with Crippen molar-refractivity contribution in [3.05, 3.63) is 52.6 Å². The lowest BCUT2D eigenvalue weighted by molar-refractivity contribution is 0.613. The Balaban J connectivity index is 1.60. The number of nitrogens with one attached hydrogen (secondary N) is 3. The van der Waals surface area contributed by atoms with Gasteiger partial charge in [0.25, 0.3) is 0 Å². The molecule has 1 fully saturated rings. The third kappa shape index (κ3) is 3.03. The van der Waals surface area contributed by atoms with Crippen LogP contribution in [0.25, 0.3) is 11.2 Å². The first-order valence-corrected chi connectivity index (χ1v) is 8.23. The summed E-state index contributed by atoms with van der Waals surface area (Å²) in [6.07, 6.45) is 2.83. The molecule has 3 heterocycles. The molecule has 1 aliphatic rings. The maximum atomic E-state index is 12.2. The van der Waals surface area contributed by atoms with Crippen LogP contribution < -0.4 is 16.3 Å². The van der Waals surface area contributed by atoms with Crippen LogP contribution in [0.2, 0.25) is 0 Å². The smallest absolute Gasteiger partial charge is 0.328 e. The maximum absolute atomic E-state index is 12.2. The molecule has 24 heavy (non-hydrogen) atoms. The first kappa shape index (κ1) is 14.9. The van der Waals surface area contributed by atoms with E-state index in [9.17, 15) is 4.79 Å². The van der Waals surface area contributed by atoms with Gasteiger partial charge in [0, 0.05) is 6.54 Å². The minimum Gasteiger partial charge on any atom is -0.354 e. The molecule has 0 spiro atoms. The van der Waals surface area contributed by atoms with Crippen molar-refractivity contribution in [2.24, 2.45) is 5.92 Å². The van der Waals surface area contributed by atoms with E-state index in [-0.39, 0.29) is 5.69 Å². The summed E-state index contributed by atoms with van der Waals surface area (Å²) in [4.78, 5) is 23.9. The van der Waals surface area contributed by atoms with Crippen LogP contribution >= 0.6 is 0 Å². The van der Waals surface area contributed by atoms with Crippen molar-refractivity contribution in [1.82, 2.24) is 24.8 Å². The fourth-order valence-electron chi connectivity index (χ4n) is 3.07. The van der Waals surface area contributed by atoms with Gasteiger partial charge in [-0.3, -0.25) is 4.57 Å². The van der Waals surface area contributed by atoms with E-state index in [2.05, 4.69) is 25.6 Å². The molecule has 0 aliphatic carbocycles. The fraction of sp³-hybridized carbons (Fsp3) is 0.353. The van der Waals surface area contributed by atoms with E-state index in [1.165, 1.54) is 0 Å². The predicted octanol–water partition coefficient (Wildman–Crippen LogP) is 1.19. The van der Waals surface area contributed by atoms with Crippen molar-refractivity contribution in [3.63, 3.8) is 0 Å². The number of fused-ring (bicyclic) bond motifs is 1. The number of aromatic amines is 1. The van der Waals surface area contributed by atoms with E-state index >= 15 is 0 Å². The van der Waals surface area contributed by atoms with E-state index in [0.29, 0.717) is 29.6 Å². The van der Waals surface area contributed by atoms with Gasteiger partial charge in [-0.2, -0.15) is 4.98 Å². The molecule has 0 unspecified atom stereocenters. The van der Waals surface area contributed by atoms with Crippen LogP contribution in [0.4, 0.5) is 5.95 Å². The molecule has 7 nitrogen and oxygen atoms in total. The molecule has 0 amide bonds. The van der Waals surface area contributed by atoms with Crippen molar-refractivity contribution in [2.75, 3.05) is 25.0 Å². The zero-order valence-electron chi connectivity index (χ0n) is 13.3. The van der Waals surface area contributed by atoms with Gasteiger partial charge >= 0.3 is 5.69 Å². The standard InChI is InChI=1S/C17H20N6O/c24-17-21-14-10-20-16(19-9-13-6-7-18-8-13)22-15(14)23(17)11-12-4-2-1-3-5-12/h1-5,10,13,18H,6-9,11H2,(H,21,24)(H,19,20,22)/t13-/m1/s1. The van der Waals surface area contributed by atoms with Gasteiger partial charge in [-0.05, 0) is 31.0 Å². The first-order chi connectivity index (χ1) is 11.8. The monoisotopic (exact) mass is 324 g/mol. The molecule has 0 saturated carbocycles. The van der Waals surface area contributed by atoms with Crippen LogP contribution in [-0.4, -0.2) is 39.2 Å². The average molecular weight is 324 g/mol. The normalized spacial score (nSPS) is 17.4. The van der Waals surface area contributed by atoms with Crippen LogP contribution in [0.3, 0.4) is 0 Å². The number of rotatable bonds is 5. The lowest BCUT2D eigenvalue weighted by atomic mass is 10.1. The Morgan fingerprint density at radius 1 is 1.29 bits per heavy atom. The Bertz CT molecular complexity index is 879. The van der Waals surface area contributed by atoms with Crippen LogP contribution in [0.1, 0.15) is 12.0 Å². The summed E-state index contributed by atoms with van der Waals surface area (Å²) in [7, 11) is 0. The van der Waals surface area contributed by atoms with Crippen molar-refractivity contribution >= 4 is 17.1 Å². The molecular formula is C17H20N6O. The van der Waals surface area contributed by atoms with Crippen molar-refractivity contribution in [1.29, 1.82) is 0 Å². The van der Waals surface area contributed by atoms with Crippen LogP contribution in [0, 0.1) is 5.92 Å². The number of hydrogen-bond acceptors (Lipinski definition) is 5. The summed E-state index contributed by atoms with van der Waals surface area (Å²) in [5.74, 6) is 1.16. The Labute approximate surface area is 139 Å². The summed E-state index contributed by atoms with van der Waals surface area (Å²) in [6.45, 7) is 3.42. The zero-order chi connectivity index (χ0) is 16.4. The summed E-state index contributed by atoms with van der Waals surface area (Å²) in [5.41, 5.74) is 2.18. The molecule has 1 saturated heterocycles. The Kier molecular flexibility index (Phi) is 4.00. The Morgan fingerprint density at radius 2 is 2.17 bits per heavy atom. The van der Waals surface area contributed by atoms with Gasteiger partial charge in [-0.15, -0.1) is 0 Å². The molecular weight excluding hydrogens is 304 g/mol. The van der Waals surface area contributed by atoms with Crippen molar-refractivity contribution in [2.45, 2.75) is 13.0 Å². The van der Waals surface area contributed by atoms with Crippen molar-refractivity contribution < 1.29 is 0 Å². The molecule has 3 N–H and O–H groups in total. The van der Waals surface area contributed by atoms with Gasteiger partial charge in [-0.1, -0.05) is 30.3 Å². The van der Waals surface area contributed by atoms with E-state index in [1.54, 1.807) is 10.8 Å². The summed E-state index contributed by atoms with van der Waals surface area (Å²) in [5, 5.41) is 6.63. The van der Waals surface area contributed by atoms with Gasteiger partial charge in [0.2, 0.25) is 5.95 Å². The lowest BCUT2D eigenvalue weighted by Gasteiger charge is -2.10. The fourth-order valence-corrected chi connectivity index (χ4v) is 3.07. The van der Waals surface area contributed by atoms with Crippen molar-refractivity contribution in [3.8, 4) is 0 Å². The van der Waals surface area contributed by atoms with Gasteiger partial charge in [-0.25, -0.2) is 9.78 Å². The Hall–Kier alpha value is -2.67. The van der Waals surface area contributed by atoms with Crippen LogP contribution in [0.15, 0.2) is 41.3 Å². The second kappa shape index (κ2) is 6.45. The molecule has 0 radical (unpaired) electrons. The number of benzene rings is 1. The van der Waals surface area contributed by atoms with Gasteiger partial charge in [0.15, 0.2) is 5.65 Å². The molecule has 0 bridgehead atoms. The van der Waals surface area contributed by atoms with Crippen LogP contribution in [0.5, 0.6) is 0 Å². The second-order valence-electron chi connectivity index (χ2n) is 6.17. The maximum Gasteiger partial charge on any atom is 0.328 e. The predicted molar refractivity (Wildman–Crippen MR) is 93.2 cm³/mol. The van der Waals surface area contributed by atoms with Gasteiger partial charge < -0.3 is 15.6 Å². The molecule has 3 aromatic rings. The molecule has 124 valence electrons. The molecule has 1 atom stereocenters. The lowest BCUT2D eigenvalue weighted by Crippen LogP contribution is -2.19. The highest BCUT2D eigenvalue weighted by atomic mass is 16.1. The molecule has 7 heteroatoms. The SMILES string of the molecule is O=c1[nH]c2cnc(NC[C@@H]3CCNC3)nc2n1Cc1ccccc1. The zero-order valence-corrected chi connectivity index (χ0v) is 13.3. The topological polar surface area (TPSA) is 87.6 Å². The van der Waals surface area contributed by atoms with Crippen LogP contribution in [-0.2, 0) is 6.54 Å². The van der Waals surface area contributed by atoms with E-state index in [1.807, 2.05) is 30.3 Å². The highest BCUT2D eigenvalue weighted by Gasteiger charge is 2.15. The number of aromatic nitrogens is 4. The van der Waals surface area contributed by atoms with E-state index in [0.717, 1.165) is 31.6 Å². The number of H-pyrrole nitrogens is 1. The molecule has 1 aliphatic heterocycles. The largest absolute Gasteiger partial charge is 0.354 e. The number of hydrogen-bond donors (Lipinski definition) is 3. The number of nitrogens with zero attached hydrogens (tertiary/aromatic N) is 3. The summed E-state index contributed by atoms with van der Waals surface area (Å²) < 4.78 is 1.65. The second-order valence-corrected chi connectivity index (χ2v) is 6.17. The quantitative estimate of drug-likeness (QED) is 0.656. The number of anilines is 1. The molecule has 4 rings (SSSR count). The summed E-state index contributed by atoms with van der Waals surface area (Å²) in [6, 6.07) is 9.89. The van der Waals surface area contributed by atoms with Gasteiger partial charge in [0.05, 0.1) is 12.7 Å². The first-order valence-electron chi connectivity index (χ1n) is 8.23. The number of imidazole rings is 1. The van der Waals surface area contributed by atoms with Gasteiger partial charge in [0.1, 0.15) is 5.52 Å². The third-order valence-electron chi connectivity index (χ3n) is 4.41. The molecule has 2 aromatic heterocycles. The van der Waals surface area contributed by atoms with E-state index in [4.69, 9.17) is 0 Å². The molecule has 1 aromatic carbocycles. The summed E-state index contributed by atoms with van der Waals surface area (Å²) >= 11 is 0. The average Bonchev–Trinajstić information content (AvgIpc) is 3.23. The Morgan fingerprint density at radius 3 is 2.96 bits per heavy atom. The highest BCUT2D eigenvalue weighted by Crippen LogP contribution is 2.13. The third-order valence-corrected chi connectivity index (χ3v) is 4.41. The highest BCUT2D eigenvalue weighted by molar-refractivity contribution is 5.71. The minimum absolute atomic E-state index is 0.166. The minimum atomic E-state index is -0.166.